The molecule has 1 aliphatic carbocycles. The monoisotopic (exact) mass is 379 g/mol. The van der Waals surface area contributed by atoms with Crippen LogP contribution in [0.15, 0.2) is 33.5 Å². The lowest BCUT2D eigenvalue weighted by atomic mass is 9.96. The minimum Gasteiger partial charge on any atom is -0.424 e. The molecule has 0 unspecified atom stereocenters. The van der Waals surface area contributed by atoms with Crippen LogP contribution < -0.4 is 5.56 Å². The Kier molecular flexibility index (Phi) is 4.47. The molecule has 146 valence electrons. The Balaban J connectivity index is 1.22. The van der Waals surface area contributed by atoms with Crippen molar-refractivity contribution in [1.82, 2.24) is 24.6 Å². The zero-order chi connectivity index (χ0) is 19.1. The molecule has 0 spiro atoms. The van der Waals surface area contributed by atoms with E-state index in [1.165, 1.54) is 12.8 Å². The Labute approximate surface area is 163 Å². The predicted octanol–water partition coefficient (Wildman–Crippen LogP) is 2.88. The lowest BCUT2D eigenvalue weighted by molar-refractivity contribution is 0.153. The number of nitrogens with zero attached hydrogens (tertiary/aromatic N) is 5. The summed E-state index contributed by atoms with van der Waals surface area (Å²) in [6, 6.07) is 7.59. The minimum absolute atomic E-state index is 0.0731. The molecule has 1 saturated heterocycles. The van der Waals surface area contributed by atoms with E-state index in [1.807, 2.05) is 35.8 Å². The molecule has 5 rings (SSSR count). The molecule has 0 atom stereocenters. The molecule has 1 saturated carbocycles. The van der Waals surface area contributed by atoms with Crippen molar-refractivity contribution in [3.8, 4) is 0 Å². The Morgan fingerprint density at radius 2 is 1.89 bits per heavy atom. The first-order valence-electron chi connectivity index (χ1n) is 10.2. The third kappa shape index (κ3) is 3.46. The van der Waals surface area contributed by atoms with Gasteiger partial charge in [-0.25, -0.2) is 4.98 Å². The van der Waals surface area contributed by atoms with Gasteiger partial charge < -0.3 is 4.42 Å². The van der Waals surface area contributed by atoms with Crippen LogP contribution in [0.2, 0.25) is 0 Å². The standard InChI is InChI=1S/C21H25N5O2/c1-14-22-18-5-3-2-4-17(18)21(27)26(14)12-15-8-10-25(11-9-15)13-19-23-24-20(28-19)16-6-7-16/h2-5,15-16H,6-13H2,1H3. The minimum atomic E-state index is 0.0731. The van der Waals surface area contributed by atoms with Crippen LogP contribution in [-0.4, -0.2) is 37.7 Å². The van der Waals surface area contributed by atoms with Gasteiger partial charge in [0.25, 0.3) is 5.56 Å². The Morgan fingerprint density at radius 1 is 1.11 bits per heavy atom. The Morgan fingerprint density at radius 3 is 2.68 bits per heavy atom. The molecule has 7 nitrogen and oxygen atoms in total. The van der Waals surface area contributed by atoms with Crippen molar-refractivity contribution in [2.24, 2.45) is 5.92 Å². The molecule has 0 N–H and O–H groups in total. The molecule has 1 aliphatic heterocycles. The smallest absolute Gasteiger partial charge is 0.261 e. The van der Waals surface area contributed by atoms with Gasteiger partial charge in [-0.3, -0.25) is 14.3 Å². The van der Waals surface area contributed by atoms with Crippen molar-refractivity contribution < 1.29 is 4.42 Å². The van der Waals surface area contributed by atoms with Gasteiger partial charge in [-0.05, 0) is 63.7 Å². The third-order valence-corrected chi connectivity index (χ3v) is 5.97. The van der Waals surface area contributed by atoms with Gasteiger partial charge in [-0.15, -0.1) is 10.2 Å². The molecule has 3 heterocycles. The maximum atomic E-state index is 12.9. The molecular formula is C21H25N5O2. The Hall–Kier alpha value is -2.54. The van der Waals surface area contributed by atoms with E-state index < -0.39 is 0 Å². The molecule has 2 aromatic heterocycles. The van der Waals surface area contributed by atoms with Gasteiger partial charge in [-0.2, -0.15) is 0 Å². The highest BCUT2D eigenvalue weighted by Crippen LogP contribution is 2.39. The maximum Gasteiger partial charge on any atom is 0.261 e. The molecule has 2 fully saturated rings. The van der Waals surface area contributed by atoms with Gasteiger partial charge in [0.1, 0.15) is 5.82 Å². The SMILES string of the molecule is Cc1nc2ccccc2c(=O)n1CC1CCN(Cc2nnc(C3CC3)o2)CC1. The number of likely N-dealkylation sites (tertiary alicyclic amines) is 1. The zero-order valence-electron chi connectivity index (χ0n) is 16.2. The topological polar surface area (TPSA) is 77.1 Å². The van der Waals surface area contributed by atoms with Crippen molar-refractivity contribution in [2.45, 2.75) is 51.6 Å². The second-order valence-electron chi connectivity index (χ2n) is 8.12. The summed E-state index contributed by atoms with van der Waals surface area (Å²) in [5, 5.41) is 9.07. The van der Waals surface area contributed by atoms with E-state index in [1.54, 1.807) is 0 Å². The summed E-state index contributed by atoms with van der Waals surface area (Å²) < 4.78 is 7.64. The van der Waals surface area contributed by atoms with Gasteiger partial charge in [0.2, 0.25) is 11.8 Å². The lowest BCUT2D eigenvalue weighted by Gasteiger charge is -2.31. The van der Waals surface area contributed by atoms with Crippen molar-refractivity contribution >= 4 is 10.9 Å². The predicted molar refractivity (Wildman–Crippen MR) is 105 cm³/mol. The lowest BCUT2D eigenvalue weighted by Crippen LogP contribution is -2.36. The van der Waals surface area contributed by atoms with E-state index in [2.05, 4.69) is 20.1 Å². The fraction of sp³-hybridized carbons (Fsp3) is 0.524. The number of aryl methyl sites for hydroxylation is 1. The molecule has 0 bridgehead atoms. The van der Waals surface area contributed by atoms with Gasteiger partial charge in [0, 0.05) is 12.5 Å². The van der Waals surface area contributed by atoms with Gasteiger partial charge in [0.05, 0.1) is 17.4 Å². The fourth-order valence-electron chi connectivity index (χ4n) is 4.10. The summed E-state index contributed by atoms with van der Waals surface area (Å²) in [7, 11) is 0. The highest BCUT2D eigenvalue weighted by Gasteiger charge is 2.30. The van der Waals surface area contributed by atoms with Gasteiger partial charge >= 0.3 is 0 Å². The molecular weight excluding hydrogens is 354 g/mol. The molecule has 7 heteroatoms. The average Bonchev–Trinajstić information content (AvgIpc) is 3.46. The summed E-state index contributed by atoms with van der Waals surface area (Å²) in [5.41, 5.74) is 0.852. The number of benzene rings is 1. The highest BCUT2D eigenvalue weighted by molar-refractivity contribution is 5.77. The molecule has 0 radical (unpaired) electrons. The molecule has 3 aromatic rings. The highest BCUT2D eigenvalue weighted by atomic mass is 16.4. The molecule has 2 aliphatic rings. The summed E-state index contributed by atoms with van der Waals surface area (Å²) >= 11 is 0. The second kappa shape index (κ2) is 7.13. The number of fused-ring (bicyclic) bond motifs is 1. The zero-order valence-corrected chi connectivity index (χ0v) is 16.2. The first kappa shape index (κ1) is 17.6. The summed E-state index contributed by atoms with van der Waals surface area (Å²) in [6.45, 7) is 5.36. The summed E-state index contributed by atoms with van der Waals surface area (Å²) in [6.07, 6.45) is 4.47. The second-order valence-corrected chi connectivity index (χ2v) is 8.12. The number of hydrogen-bond acceptors (Lipinski definition) is 6. The van der Waals surface area contributed by atoms with Crippen molar-refractivity contribution in [3.05, 3.63) is 52.2 Å². The first-order chi connectivity index (χ1) is 13.7. The van der Waals surface area contributed by atoms with Crippen LogP contribution in [0.3, 0.4) is 0 Å². The van der Waals surface area contributed by atoms with Crippen LogP contribution in [0.5, 0.6) is 0 Å². The quantitative estimate of drug-likeness (QED) is 0.678. The largest absolute Gasteiger partial charge is 0.424 e. The third-order valence-electron chi connectivity index (χ3n) is 5.97. The van der Waals surface area contributed by atoms with Crippen molar-refractivity contribution in [2.75, 3.05) is 13.1 Å². The van der Waals surface area contributed by atoms with Crippen LogP contribution in [0.4, 0.5) is 0 Å². The molecule has 1 aromatic carbocycles. The van der Waals surface area contributed by atoms with Crippen LogP contribution in [-0.2, 0) is 13.1 Å². The van der Waals surface area contributed by atoms with Crippen molar-refractivity contribution in [3.63, 3.8) is 0 Å². The molecule has 28 heavy (non-hydrogen) atoms. The van der Waals surface area contributed by atoms with E-state index in [0.717, 1.165) is 62.1 Å². The van der Waals surface area contributed by atoms with Crippen LogP contribution >= 0.6 is 0 Å². The fourth-order valence-corrected chi connectivity index (χ4v) is 4.10. The van der Waals surface area contributed by atoms with E-state index >= 15 is 0 Å². The average molecular weight is 379 g/mol. The summed E-state index contributed by atoms with van der Waals surface area (Å²) in [5.74, 6) is 3.32. The Bertz CT molecular complexity index is 1040. The van der Waals surface area contributed by atoms with E-state index in [-0.39, 0.29) is 5.56 Å². The number of rotatable bonds is 5. The van der Waals surface area contributed by atoms with Gasteiger partial charge in [0.15, 0.2) is 0 Å². The summed E-state index contributed by atoms with van der Waals surface area (Å²) in [4.78, 5) is 19.9. The maximum absolute atomic E-state index is 12.9. The van der Waals surface area contributed by atoms with Crippen LogP contribution in [0, 0.1) is 12.8 Å². The first-order valence-corrected chi connectivity index (χ1v) is 10.2. The van der Waals surface area contributed by atoms with E-state index in [0.29, 0.717) is 17.2 Å². The van der Waals surface area contributed by atoms with E-state index in [4.69, 9.17) is 4.42 Å². The van der Waals surface area contributed by atoms with Crippen molar-refractivity contribution in [1.29, 1.82) is 0 Å². The normalized spacial score (nSPS) is 18.8. The number of hydrogen-bond donors (Lipinski definition) is 0. The van der Waals surface area contributed by atoms with Gasteiger partial charge in [-0.1, -0.05) is 12.1 Å². The molecule has 0 amide bonds. The number of piperidine rings is 1. The number of aromatic nitrogens is 4. The van der Waals surface area contributed by atoms with Crippen LogP contribution in [0.1, 0.15) is 49.2 Å². The van der Waals surface area contributed by atoms with E-state index in [9.17, 15) is 4.79 Å². The number of para-hydroxylation sites is 1. The van der Waals surface area contributed by atoms with Crippen LogP contribution in [0.25, 0.3) is 10.9 Å².